The van der Waals surface area contributed by atoms with Crippen LogP contribution in [-0.2, 0) is 6.42 Å². The minimum absolute atomic E-state index is 0.244. The van der Waals surface area contributed by atoms with Crippen molar-refractivity contribution in [2.75, 3.05) is 26.7 Å². The number of hydrogen-bond acceptors (Lipinski definition) is 3. The van der Waals surface area contributed by atoms with E-state index in [9.17, 15) is 9.50 Å². The van der Waals surface area contributed by atoms with Gasteiger partial charge in [-0.1, -0.05) is 12.1 Å². The number of halogens is 1. The summed E-state index contributed by atoms with van der Waals surface area (Å²) in [5.74, 6) is 1.14. The fraction of sp³-hybridized carbons (Fsp3) is 0.318. The van der Waals surface area contributed by atoms with Gasteiger partial charge in [0.15, 0.2) is 5.96 Å². The van der Waals surface area contributed by atoms with E-state index in [0.717, 1.165) is 40.7 Å². The topological polar surface area (TPSA) is 81.7 Å². The largest absolute Gasteiger partial charge is 0.497 e. The zero-order chi connectivity index (χ0) is 20.6. The summed E-state index contributed by atoms with van der Waals surface area (Å²) in [6, 6.07) is 12.1. The number of H-pyrrole nitrogens is 1. The number of aromatic amines is 1. The number of aliphatic hydroxyl groups is 1. The summed E-state index contributed by atoms with van der Waals surface area (Å²) < 4.78 is 18.5. The van der Waals surface area contributed by atoms with Gasteiger partial charge in [-0.25, -0.2) is 4.39 Å². The lowest BCUT2D eigenvalue weighted by Crippen LogP contribution is -2.38. The molecule has 0 amide bonds. The van der Waals surface area contributed by atoms with Crippen LogP contribution in [0.25, 0.3) is 10.9 Å². The molecule has 0 bridgehead atoms. The van der Waals surface area contributed by atoms with Crippen molar-refractivity contribution in [3.63, 3.8) is 0 Å². The SMILES string of the molecule is CCNC(=NCC(O)c1ccc(OC)cc1)NCCc1c[nH]c2cc(F)ccc12. The van der Waals surface area contributed by atoms with E-state index < -0.39 is 6.10 Å². The van der Waals surface area contributed by atoms with Crippen LogP contribution in [0, 0.1) is 5.82 Å². The second kappa shape index (κ2) is 9.93. The second-order valence-electron chi connectivity index (χ2n) is 6.69. The molecule has 0 saturated heterocycles. The molecule has 1 unspecified atom stereocenters. The maximum atomic E-state index is 13.3. The predicted molar refractivity (Wildman–Crippen MR) is 114 cm³/mol. The van der Waals surface area contributed by atoms with Crippen molar-refractivity contribution in [1.82, 2.24) is 15.6 Å². The minimum Gasteiger partial charge on any atom is -0.497 e. The molecule has 0 saturated carbocycles. The Morgan fingerprint density at radius 3 is 2.72 bits per heavy atom. The lowest BCUT2D eigenvalue weighted by Gasteiger charge is -2.13. The minimum atomic E-state index is -0.695. The van der Waals surface area contributed by atoms with Gasteiger partial charge in [-0.15, -0.1) is 0 Å². The number of guanidine groups is 1. The quantitative estimate of drug-likeness (QED) is 0.347. The van der Waals surface area contributed by atoms with E-state index in [2.05, 4.69) is 20.6 Å². The molecular formula is C22H27FN4O2. The van der Waals surface area contributed by atoms with E-state index in [1.165, 1.54) is 12.1 Å². The van der Waals surface area contributed by atoms with Crippen molar-refractivity contribution < 1.29 is 14.2 Å². The van der Waals surface area contributed by atoms with Gasteiger partial charge in [0.1, 0.15) is 11.6 Å². The number of fused-ring (bicyclic) bond motifs is 1. The molecule has 1 aromatic heterocycles. The van der Waals surface area contributed by atoms with E-state index in [4.69, 9.17) is 4.74 Å². The molecular weight excluding hydrogens is 371 g/mol. The van der Waals surface area contributed by atoms with Gasteiger partial charge in [0.05, 0.1) is 19.8 Å². The highest BCUT2D eigenvalue weighted by molar-refractivity contribution is 5.83. The molecule has 0 aliphatic heterocycles. The van der Waals surface area contributed by atoms with Gasteiger partial charge in [0.2, 0.25) is 0 Å². The summed E-state index contributed by atoms with van der Waals surface area (Å²) in [6.07, 6.45) is 1.97. The molecule has 3 aromatic rings. The van der Waals surface area contributed by atoms with Crippen molar-refractivity contribution in [2.45, 2.75) is 19.4 Å². The molecule has 0 aliphatic carbocycles. The first-order valence-electron chi connectivity index (χ1n) is 9.70. The fourth-order valence-corrected chi connectivity index (χ4v) is 3.13. The van der Waals surface area contributed by atoms with E-state index in [0.29, 0.717) is 12.5 Å². The van der Waals surface area contributed by atoms with Crippen LogP contribution >= 0.6 is 0 Å². The highest BCUT2D eigenvalue weighted by Crippen LogP contribution is 2.20. The maximum Gasteiger partial charge on any atom is 0.191 e. The van der Waals surface area contributed by atoms with Crippen LogP contribution in [-0.4, -0.2) is 42.8 Å². The smallest absolute Gasteiger partial charge is 0.191 e. The molecule has 0 spiro atoms. The number of rotatable bonds is 8. The molecule has 0 radical (unpaired) electrons. The van der Waals surface area contributed by atoms with Gasteiger partial charge in [-0.05, 0) is 54.8 Å². The Kier molecular flexibility index (Phi) is 7.08. The molecule has 1 atom stereocenters. The van der Waals surface area contributed by atoms with Crippen molar-refractivity contribution in [2.24, 2.45) is 4.99 Å². The number of ether oxygens (including phenoxy) is 1. The first-order chi connectivity index (χ1) is 14.1. The number of hydrogen-bond donors (Lipinski definition) is 4. The molecule has 7 heteroatoms. The summed E-state index contributed by atoms with van der Waals surface area (Å²) in [5, 5.41) is 17.9. The Morgan fingerprint density at radius 1 is 1.21 bits per heavy atom. The van der Waals surface area contributed by atoms with Crippen molar-refractivity contribution in [3.05, 3.63) is 65.6 Å². The summed E-state index contributed by atoms with van der Waals surface area (Å²) in [7, 11) is 1.61. The Hall–Kier alpha value is -3.06. The van der Waals surface area contributed by atoms with E-state index in [1.54, 1.807) is 13.2 Å². The third-order valence-electron chi connectivity index (χ3n) is 4.68. The van der Waals surface area contributed by atoms with E-state index in [1.807, 2.05) is 37.4 Å². The lowest BCUT2D eigenvalue weighted by molar-refractivity contribution is 0.187. The zero-order valence-corrected chi connectivity index (χ0v) is 16.7. The van der Waals surface area contributed by atoms with Crippen molar-refractivity contribution in [1.29, 1.82) is 0 Å². The van der Waals surface area contributed by atoms with Gasteiger partial charge >= 0.3 is 0 Å². The van der Waals surface area contributed by atoms with Gasteiger partial charge < -0.3 is 25.5 Å². The first kappa shape index (κ1) is 20.7. The number of aliphatic hydroxyl groups excluding tert-OH is 1. The average molecular weight is 398 g/mol. The summed E-state index contributed by atoms with van der Waals surface area (Å²) in [5.41, 5.74) is 2.70. The van der Waals surface area contributed by atoms with E-state index >= 15 is 0 Å². The molecule has 4 N–H and O–H groups in total. The Bertz CT molecular complexity index is 953. The molecule has 29 heavy (non-hydrogen) atoms. The predicted octanol–water partition coefficient (Wildman–Crippen LogP) is 3.15. The first-order valence-corrected chi connectivity index (χ1v) is 9.70. The lowest BCUT2D eigenvalue weighted by atomic mass is 10.1. The molecule has 154 valence electrons. The number of aliphatic imine (C=N–C) groups is 1. The van der Waals surface area contributed by atoms with Crippen LogP contribution in [0.2, 0.25) is 0 Å². The highest BCUT2D eigenvalue weighted by atomic mass is 19.1. The van der Waals surface area contributed by atoms with Gasteiger partial charge in [0.25, 0.3) is 0 Å². The number of methoxy groups -OCH3 is 1. The zero-order valence-electron chi connectivity index (χ0n) is 16.7. The third-order valence-corrected chi connectivity index (χ3v) is 4.68. The van der Waals surface area contributed by atoms with Gasteiger partial charge in [-0.3, -0.25) is 4.99 Å². The monoisotopic (exact) mass is 398 g/mol. The summed E-state index contributed by atoms with van der Waals surface area (Å²) in [6.45, 7) is 3.62. The van der Waals surface area contributed by atoms with Crippen molar-refractivity contribution in [3.8, 4) is 5.75 Å². The second-order valence-corrected chi connectivity index (χ2v) is 6.69. The van der Waals surface area contributed by atoms with Crippen LogP contribution in [0.3, 0.4) is 0 Å². The van der Waals surface area contributed by atoms with Crippen LogP contribution < -0.4 is 15.4 Å². The number of nitrogens with zero attached hydrogens (tertiary/aromatic N) is 1. The molecule has 2 aromatic carbocycles. The average Bonchev–Trinajstić information content (AvgIpc) is 3.13. The van der Waals surface area contributed by atoms with Crippen LogP contribution in [0.15, 0.2) is 53.7 Å². The fourth-order valence-electron chi connectivity index (χ4n) is 3.13. The summed E-state index contributed by atoms with van der Waals surface area (Å²) in [4.78, 5) is 7.58. The molecule has 0 aliphatic rings. The third kappa shape index (κ3) is 5.48. The Labute approximate surface area is 169 Å². The van der Waals surface area contributed by atoms with Crippen LogP contribution in [0.4, 0.5) is 4.39 Å². The molecule has 3 rings (SSSR count). The van der Waals surface area contributed by atoms with Gasteiger partial charge in [-0.2, -0.15) is 0 Å². The summed E-state index contributed by atoms with van der Waals surface area (Å²) >= 11 is 0. The molecule has 6 nitrogen and oxygen atoms in total. The van der Waals surface area contributed by atoms with Crippen LogP contribution in [0.1, 0.15) is 24.2 Å². The number of aromatic nitrogens is 1. The molecule has 1 heterocycles. The van der Waals surface area contributed by atoms with Crippen LogP contribution in [0.5, 0.6) is 5.75 Å². The standard InChI is InChI=1S/C22H27FN4O2/c1-3-24-22(27-14-21(28)15-4-7-18(29-2)8-5-15)25-11-10-16-13-26-20-12-17(23)6-9-19(16)20/h4-9,12-13,21,26,28H,3,10-11,14H2,1-2H3,(H2,24,25,27). The number of benzene rings is 2. The van der Waals surface area contributed by atoms with Gasteiger partial charge in [0, 0.05) is 30.2 Å². The van der Waals surface area contributed by atoms with Crippen molar-refractivity contribution >= 4 is 16.9 Å². The normalized spacial score (nSPS) is 12.8. The Balaban J connectivity index is 1.57. The Morgan fingerprint density at radius 2 is 2.00 bits per heavy atom. The van der Waals surface area contributed by atoms with E-state index in [-0.39, 0.29) is 12.4 Å². The highest BCUT2D eigenvalue weighted by Gasteiger charge is 2.09. The number of nitrogens with one attached hydrogen (secondary N) is 3. The maximum absolute atomic E-state index is 13.3. The molecule has 0 fully saturated rings.